The lowest BCUT2D eigenvalue weighted by atomic mass is 10.1. The van der Waals surface area contributed by atoms with E-state index in [-0.39, 0.29) is 0 Å². The molecule has 84 valence electrons. The minimum absolute atomic E-state index is 0.697. The number of hydrogen-bond donors (Lipinski definition) is 1. The van der Waals surface area contributed by atoms with E-state index in [0.717, 1.165) is 9.64 Å². The molecule has 2 nitrogen and oxygen atoms in total. The van der Waals surface area contributed by atoms with Crippen LogP contribution < -0.4 is 0 Å². The maximum atomic E-state index is 5.26. The van der Waals surface area contributed by atoms with Crippen molar-refractivity contribution in [2.24, 2.45) is 0 Å². The number of hydrogen-bond acceptors (Lipinski definition) is 3. The van der Waals surface area contributed by atoms with Gasteiger partial charge in [-0.2, -0.15) is 0 Å². The minimum atomic E-state index is 0.697. The average molecular weight is 276 g/mol. The Bertz CT molecular complexity index is 795. The van der Waals surface area contributed by atoms with Crippen molar-refractivity contribution in [3.05, 3.63) is 50.4 Å². The Morgan fingerprint density at radius 1 is 1.00 bits per heavy atom. The number of benzene rings is 2. The largest absolute Gasteiger partial charge is 0.273 e. The zero-order valence-corrected chi connectivity index (χ0v) is 11.2. The molecular formula is C12H8N2S3. The van der Waals surface area contributed by atoms with Crippen molar-refractivity contribution in [3.63, 3.8) is 0 Å². The third-order valence-corrected chi connectivity index (χ3v) is 3.96. The predicted octanol–water partition coefficient (Wildman–Crippen LogP) is 4.48. The topological polar surface area (TPSA) is 20.7 Å². The van der Waals surface area contributed by atoms with E-state index in [4.69, 9.17) is 24.4 Å². The fraction of sp³-hybridized carbons (Fsp3) is 0. The molecule has 3 aromatic rings. The van der Waals surface area contributed by atoms with Gasteiger partial charge in [0.25, 0.3) is 0 Å². The molecular weight excluding hydrogens is 268 g/mol. The number of nitrogens with one attached hydrogen (secondary N) is 1. The molecule has 0 amide bonds. The van der Waals surface area contributed by atoms with Crippen molar-refractivity contribution in [3.8, 4) is 5.69 Å². The van der Waals surface area contributed by atoms with E-state index < -0.39 is 0 Å². The van der Waals surface area contributed by atoms with Gasteiger partial charge in [0.05, 0.1) is 5.69 Å². The summed E-state index contributed by atoms with van der Waals surface area (Å²) in [6.45, 7) is 0. The van der Waals surface area contributed by atoms with Gasteiger partial charge in [-0.15, -0.1) is 0 Å². The van der Waals surface area contributed by atoms with Crippen LogP contribution in [-0.2, 0) is 0 Å². The molecule has 0 atom stereocenters. The summed E-state index contributed by atoms with van der Waals surface area (Å²) in [5.74, 6) is 0. The van der Waals surface area contributed by atoms with Crippen molar-refractivity contribution in [2.75, 3.05) is 0 Å². The summed E-state index contributed by atoms with van der Waals surface area (Å²) in [6.07, 6.45) is 0. The molecule has 0 spiro atoms. The molecule has 0 unspecified atom stereocenters. The normalized spacial score (nSPS) is 10.8. The molecule has 0 fully saturated rings. The first-order valence-corrected chi connectivity index (χ1v) is 6.69. The molecule has 0 aliphatic carbocycles. The summed E-state index contributed by atoms with van der Waals surface area (Å²) in [7, 11) is 0. The van der Waals surface area contributed by atoms with Crippen LogP contribution in [0.25, 0.3) is 16.5 Å². The van der Waals surface area contributed by atoms with Gasteiger partial charge in [0.2, 0.25) is 0 Å². The van der Waals surface area contributed by atoms with Crippen LogP contribution in [0.2, 0.25) is 0 Å². The third kappa shape index (κ3) is 1.97. The summed E-state index contributed by atoms with van der Waals surface area (Å²) in [5, 5.41) is 5.48. The van der Waals surface area contributed by atoms with E-state index in [9.17, 15) is 0 Å². The molecule has 0 saturated carbocycles. The monoisotopic (exact) mass is 276 g/mol. The maximum Gasteiger partial charge on any atom is 0.183 e. The van der Waals surface area contributed by atoms with Crippen molar-refractivity contribution >= 4 is 46.5 Å². The molecule has 0 radical (unpaired) electrons. The summed E-state index contributed by atoms with van der Waals surface area (Å²) in [6, 6.07) is 14.5. The Kier molecular flexibility index (Phi) is 2.66. The molecule has 17 heavy (non-hydrogen) atoms. The second-order valence-electron chi connectivity index (χ2n) is 3.63. The van der Waals surface area contributed by atoms with Gasteiger partial charge in [-0.05, 0) is 47.3 Å². The highest BCUT2D eigenvalue weighted by Gasteiger charge is 2.00. The van der Waals surface area contributed by atoms with Gasteiger partial charge in [0.1, 0.15) is 0 Å². The van der Waals surface area contributed by atoms with E-state index in [1.54, 1.807) is 0 Å². The third-order valence-electron chi connectivity index (χ3n) is 2.56. The van der Waals surface area contributed by atoms with Crippen LogP contribution in [0.3, 0.4) is 0 Å². The van der Waals surface area contributed by atoms with Crippen LogP contribution >= 0.6 is 35.8 Å². The van der Waals surface area contributed by atoms with Crippen LogP contribution in [0.1, 0.15) is 0 Å². The van der Waals surface area contributed by atoms with E-state index >= 15 is 0 Å². The van der Waals surface area contributed by atoms with Gasteiger partial charge in [-0.1, -0.05) is 41.7 Å². The second-order valence-corrected chi connectivity index (χ2v) is 5.94. The van der Waals surface area contributed by atoms with E-state index in [1.165, 1.54) is 22.1 Å². The Balaban J connectivity index is 2.28. The number of H-pyrrole nitrogens is 1. The Labute approximate surface area is 112 Å². The Morgan fingerprint density at radius 3 is 2.47 bits per heavy atom. The first-order valence-electron chi connectivity index (χ1n) is 5.05. The van der Waals surface area contributed by atoms with Crippen molar-refractivity contribution in [1.82, 2.24) is 9.78 Å². The average Bonchev–Trinajstić information content (AvgIpc) is 2.68. The summed E-state index contributed by atoms with van der Waals surface area (Å²) in [5.41, 5.74) is 1.01. The second kappa shape index (κ2) is 4.18. The SMILES string of the molecule is S=c1[nH]n(-c2ccc3ccccc3c2)c(=S)s1. The first-order chi connectivity index (χ1) is 8.24. The van der Waals surface area contributed by atoms with Gasteiger partial charge < -0.3 is 0 Å². The molecule has 2 aromatic carbocycles. The number of nitrogens with zero attached hydrogens (tertiary/aromatic N) is 1. The lowest BCUT2D eigenvalue weighted by Gasteiger charge is -2.03. The van der Waals surface area contributed by atoms with Gasteiger partial charge in [0.15, 0.2) is 7.91 Å². The van der Waals surface area contributed by atoms with Crippen LogP contribution in [0.5, 0.6) is 0 Å². The van der Waals surface area contributed by atoms with E-state index in [2.05, 4.69) is 29.4 Å². The molecule has 1 aromatic heterocycles. The maximum absolute atomic E-state index is 5.26. The zero-order valence-electron chi connectivity index (χ0n) is 8.71. The van der Waals surface area contributed by atoms with Gasteiger partial charge in [-0.25, -0.2) is 4.68 Å². The quantitative estimate of drug-likeness (QED) is 0.661. The fourth-order valence-corrected chi connectivity index (χ4v) is 3.20. The minimum Gasteiger partial charge on any atom is -0.273 e. The van der Waals surface area contributed by atoms with E-state index in [0.29, 0.717) is 3.95 Å². The van der Waals surface area contributed by atoms with E-state index in [1.807, 2.05) is 22.9 Å². The fourth-order valence-electron chi connectivity index (χ4n) is 1.77. The van der Waals surface area contributed by atoms with Gasteiger partial charge in [0, 0.05) is 0 Å². The lowest BCUT2D eigenvalue weighted by Crippen LogP contribution is -1.95. The predicted molar refractivity (Wildman–Crippen MR) is 77.2 cm³/mol. The summed E-state index contributed by atoms with van der Waals surface area (Å²) in [4.78, 5) is 0. The molecule has 0 aliphatic heterocycles. The first kappa shape index (κ1) is 10.8. The molecule has 0 aliphatic rings. The van der Waals surface area contributed by atoms with Crippen LogP contribution in [0.15, 0.2) is 42.5 Å². The Hall–Kier alpha value is -1.30. The molecule has 0 saturated heterocycles. The number of aromatic nitrogens is 2. The highest BCUT2D eigenvalue weighted by Crippen LogP contribution is 2.19. The molecule has 3 rings (SSSR count). The van der Waals surface area contributed by atoms with Gasteiger partial charge in [-0.3, -0.25) is 5.10 Å². The lowest BCUT2D eigenvalue weighted by molar-refractivity contribution is 0.866. The highest BCUT2D eigenvalue weighted by molar-refractivity contribution is 7.75. The number of rotatable bonds is 1. The van der Waals surface area contributed by atoms with Crippen LogP contribution in [0, 0.1) is 7.91 Å². The highest BCUT2D eigenvalue weighted by atomic mass is 32.2. The zero-order chi connectivity index (χ0) is 11.8. The molecule has 1 N–H and O–H groups in total. The van der Waals surface area contributed by atoms with Gasteiger partial charge >= 0.3 is 0 Å². The number of aromatic amines is 1. The van der Waals surface area contributed by atoms with Crippen LogP contribution in [0.4, 0.5) is 0 Å². The summed E-state index contributed by atoms with van der Waals surface area (Å²) >= 11 is 11.8. The van der Waals surface area contributed by atoms with Crippen LogP contribution in [-0.4, -0.2) is 9.78 Å². The smallest absolute Gasteiger partial charge is 0.183 e. The standard InChI is InChI=1S/C12H8N2S3/c15-11-13-14(12(16)17-11)10-6-5-8-3-1-2-4-9(8)7-10/h1-7H,(H,13,15). The van der Waals surface area contributed by atoms with Crippen molar-refractivity contribution < 1.29 is 0 Å². The number of fused-ring (bicyclic) bond motifs is 1. The summed E-state index contributed by atoms with van der Waals surface area (Å²) < 4.78 is 3.28. The molecule has 5 heteroatoms. The Morgan fingerprint density at radius 2 is 1.76 bits per heavy atom. The molecule has 0 bridgehead atoms. The molecule has 1 heterocycles. The van der Waals surface area contributed by atoms with Crippen molar-refractivity contribution in [1.29, 1.82) is 0 Å². The van der Waals surface area contributed by atoms with Crippen molar-refractivity contribution in [2.45, 2.75) is 0 Å².